The van der Waals surface area contributed by atoms with Crippen LogP contribution in [0.15, 0.2) is 66.7 Å². The van der Waals surface area contributed by atoms with Crippen molar-refractivity contribution in [1.82, 2.24) is 0 Å². The first kappa shape index (κ1) is 21.8. The molecule has 2 heteroatoms. The van der Waals surface area contributed by atoms with Crippen molar-refractivity contribution < 1.29 is 0 Å². The number of anilines is 1. The monoisotopic (exact) mass is 398 g/mol. The van der Waals surface area contributed by atoms with Crippen LogP contribution in [0.25, 0.3) is 11.1 Å². The minimum Gasteiger partial charge on any atom is -0.340 e. The van der Waals surface area contributed by atoms with Gasteiger partial charge < -0.3 is 5.32 Å². The first-order valence-corrected chi connectivity index (χ1v) is 10.6. The van der Waals surface area contributed by atoms with Gasteiger partial charge in [0.2, 0.25) is 0 Å². The van der Waals surface area contributed by atoms with Crippen molar-refractivity contribution >= 4 is 11.5 Å². The minimum absolute atomic E-state index is 0.00118. The molecule has 0 aliphatic carbocycles. The van der Waals surface area contributed by atoms with Crippen molar-refractivity contribution in [3.63, 3.8) is 0 Å². The van der Waals surface area contributed by atoms with Gasteiger partial charge in [0.05, 0.1) is 0 Å². The minimum atomic E-state index is -0.00118. The summed E-state index contributed by atoms with van der Waals surface area (Å²) in [6.07, 6.45) is 0. The second-order valence-corrected chi connectivity index (χ2v) is 10.1. The lowest BCUT2D eigenvalue weighted by molar-refractivity contribution is 0.592. The van der Waals surface area contributed by atoms with Crippen LogP contribution in [0.3, 0.4) is 0 Å². The average molecular weight is 399 g/mol. The number of hydrogen-bond donors (Lipinski definition) is 2. The lowest BCUT2D eigenvalue weighted by Crippen LogP contribution is -2.20. The fourth-order valence-corrected chi connectivity index (χ4v) is 3.92. The molecule has 0 heterocycles. The third-order valence-corrected chi connectivity index (χ3v) is 5.46. The lowest BCUT2D eigenvalue weighted by atomic mass is 9.80. The number of nitrogens with one attached hydrogen (secondary N) is 2. The van der Waals surface area contributed by atoms with Gasteiger partial charge in [-0.2, -0.15) is 0 Å². The smallest absolute Gasteiger partial charge is 0.130 e. The fraction of sp³-hybridized carbons (Fsp3) is 0.321. The molecule has 2 nitrogen and oxygen atoms in total. The zero-order chi connectivity index (χ0) is 22.1. The standard InChI is InChI=1S/C28H34N2/c1-19-16-17-21(22(18-19)20-12-8-9-13-23(20)27(2,3)4)26(29)30-25-15-11-10-14-24(25)28(5,6)7/h8-18H,1-7H3,(H2,29,30). The summed E-state index contributed by atoms with van der Waals surface area (Å²) in [7, 11) is 0. The Morgan fingerprint density at radius 3 is 1.90 bits per heavy atom. The van der Waals surface area contributed by atoms with Gasteiger partial charge in [0, 0.05) is 11.3 Å². The second-order valence-electron chi connectivity index (χ2n) is 10.1. The van der Waals surface area contributed by atoms with Crippen molar-refractivity contribution in [3.8, 4) is 11.1 Å². The first-order valence-electron chi connectivity index (χ1n) is 10.6. The Bertz CT molecular complexity index is 1060. The SMILES string of the molecule is Cc1ccc(C(=N)Nc2ccccc2C(C)(C)C)c(-c2ccccc2C(C)(C)C)c1. The number of benzene rings is 3. The Hall–Kier alpha value is -2.87. The molecule has 0 radical (unpaired) electrons. The highest BCUT2D eigenvalue weighted by atomic mass is 14.9. The fourth-order valence-electron chi connectivity index (χ4n) is 3.92. The molecule has 2 N–H and O–H groups in total. The molecule has 3 rings (SSSR count). The molecule has 0 fully saturated rings. The number of para-hydroxylation sites is 1. The molecule has 156 valence electrons. The van der Waals surface area contributed by atoms with Crippen LogP contribution < -0.4 is 5.32 Å². The van der Waals surface area contributed by atoms with Gasteiger partial charge in [0.25, 0.3) is 0 Å². The molecule has 0 aliphatic rings. The molecule has 0 saturated carbocycles. The largest absolute Gasteiger partial charge is 0.340 e. The summed E-state index contributed by atoms with van der Waals surface area (Å²) in [5, 5.41) is 12.3. The molecular formula is C28H34N2. The summed E-state index contributed by atoms with van der Waals surface area (Å²) in [6.45, 7) is 15.4. The Morgan fingerprint density at radius 1 is 0.700 bits per heavy atom. The van der Waals surface area contributed by atoms with Crippen LogP contribution >= 0.6 is 0 Å². The predicted octanol–water partition coefficient (Wildman–Crippen LogP) is 7.69. The van der Waals surface area contributed by atoms with Crippen LogP contribution in [-0.4, -0.2) is 5.84 Å². The maximum Gasteiger partial charge on any atom is 0.130 e. The Labute approximate surface area is 181 Å². The van der Waals surface area contributed by atoms with Crippen molar-refractivity contribution in [2.75, 3.05) is 5.32 Å². The molecule has 30 heavy (non-hydrogen) atoms. The third kappa shape index (κ3) is 4.64. The van der Waals surface area contributed by atoms with Crippen LogP contribution in [0, 0.1) is 12.3 Å². The summed E-state index contributed by atoms with van der Waals surface area (Å²) >= 11 is 0. The summed E-state index contributed by atoms with van der Waals surface area (Å²) in [5.41, 5.74) is 7.92. The molecule has 0 aromatic heterocycles. The highest BCUT2D eigenvalue weighted by Crippen LogP contribution is 2.36. The van der Waals surface area contributed by atoms with Gasteiger partial charge in [-0.1, -0.05) is 108 Å². The summed E-state index contributed by atoms with van der Waals surface area (Å²) < 4.78 is 0. The van der Waals surface area contributed by atoms with E-state index < -0.39 is 0 Å². The third-order valence-electron chi connectivity index (χ3n) is 5.46. The Morgan fingerprint density at radius 2 is 1.27 bits per heavy atom. The number of rotatable bonds is 3. The second kappa shape index (κ2) is 8.10. The molecule has 0 spiro atoms. The van der Waals surface area contributed by atoms with Crippen molar-refractivity contribution in [1.29, 1.82) is 5.41 Å². The molecule has 3 aromatic carbocycles. The van der Waals surface area contributed by atoms with Gasteiger partial charge in [-0.15, -0.1) is 0 Å². The van der Waals surface area contributed by atoms with Crippen LogP contribution in [-0.2, 0) is 10.8 Å². The van der Waals surface area contributed by atoms with Gasteiger partial charge >= 0.3 is 0 Å². The zero-order valence-corrected chi connectivity index (χ0v) is 19.4. The van der Waals surface area contributed by atoms with E-state index in [-0.39, 0.29) is 10.8 Å². The normalized spacial score (nSPS) is 12.0. The highest BCUT2D eigenvalue weighted by molar-refractivity contribution is 6.11. The molecule has 0 atom stereocenters. The lowest BCUT2D eigenvalue weighted by Gasteiger charge is -2.26. The summed E-state index contributed by atoms with van der Waals surface area (Å²) in [5.74, 6) is 0.422. The van der Waals surface area contributed by atoms with E-state index in [1.807, 2.05) is 6.07 Å². The van der Waals surface area contributed by atoms with Gasteiger partial charge in [-0.25, -0.2) is 0 Å². The number of hydrogen-bond acceptors (Lipinski definition) is 1. The average Bonchev–Trinajstić information content (AvgIpc) is 2.66. The Balaban J connectivity index is 2.10. The predicted molar refractivity (Wildman–Crippen MR) is 131 cm³/mol. The molecule has 3 aromatic rings. The van der Waals surface area contributed by atoms with Crippen molar-refractivity contribution in [2.24, 2.45) is 0 Å². The number of amidine groups is 1. The van der Waals surface area contributed by atoms with Gasteiger partial charge in [-0.3, -0.25) is 5.41 Å². The first-order chi connectivity index (χ1) is 14.0. The van der Waals surface area contributed by atoms with E-state index >= 15 is 0 Å². The molecule has 0 amide bonds. The topological polar surface area (TPSA) is 35.9 Å². The maximum atomic E-state index is 8.94. The van der Waals surface area contributed by atoms with E-state index in [1.165, 1.54) is 22.3 Å². The molecule has 0 bridgehead atoms. The van der Waals surface area contributed by atoms with Crippen LogP contribution in [0.2, 0.25) is 0 Å². The van der Waals surface area contributed by atoms with Crippen LogP contribution in [0.1, 0.15) is 63.8 Å². The quantitative estimate of drug-likeness (QED) is 0.344. The van der Waals surface area contributed by atoms with E-state index in [1.54, 1.807) is 0 Å². The van der Waals surface area contributed by atoms with Gasteiger partial charge in [0.1, 0.15) is 5.84 Å². The maximum absolute atomic E-state index is 8.94. The van der Waals surface area contributed by atoms with Crippen LogP contribution in [0.5, 0.6) is 0 Å². The Kier molecular flexibility index (Phi) is 5.90. The van der Waals surface area contributed by atoms with E-state index in [2.05, 4.69) is 114 Å². The number of aryl methyl sites for hydroxylation is 1. The molecule has 0 saturated heterocycles. The van der Waals surface area contributed by atoms with E-state index in [0.29, 0.717) is 5.84 Å². The molecular weight excluding hydrogens is 364 g/mol. The van der Waals surface area contributed by atoms with Gasteiger partial charge in [-0.05, 0) is 46.1 Å². The summed E-state index contributed by atoms with van der Waals surface area (Å²) in [6, 6.07) is 23.2. The van der Waals surface area contributed by atoms with E-state index in [0.717, 1.165) is 16.8 Å². The summed E-state index contributed by atoms with van der Waals surface area (Å²) in [4.78, 5) is 0. The van der Waals surface area contributed by atoms with Crippen molar-refractivity contribution in [3.05, 3.63) is 89.0 Å². The van der Waals surface area contributed by atoms with E-state index in [9.17, 15) is 0 Å². The van der Waals surface area contributed by atoms with E-state index in [4.69, 9.17) is 5.41 Å². The van der Waals surface area contributed by atoms with Gasteiger partial charge in [0.15, 0.2) is 0 Å². The van der Waals surface area contributed by atoms with Crippen LogP contribution in [0.4, 0.5) is 5.69 Å². The highest BCUT2D eigenvalue weighted by Gasteiger charge is 2.22. The molecule has 0 unspecified atom stereocenters. The molecule has 0 aliphatic heterocycles. The zero-order valence-electron chi connectivity index (χ0n) is 19.4. The van der Waals surface area contributed by atoms with Crippen molar-refractivity contribution in [2.45, 2.75) is 59.3 Å².